The van der Waals surface area contributed by atoms with Gasteiger partial charge in [-0.2, -0.15) is 0 Å². The van der Waals surface area contributed by atoms with E-state index < -0.39 is 0 Å². The van der Waals surface area contributed by atoms with Crippen molar-refractivity contribution in [3.63, 3.8) is 0 Å². The number of benzene rings is 6. The molecule has 0 atom stereocenters. The molecule has 0 spiro atoms. The third-order valence-corrected chi connectivity index (χ3v) is 14.6. The van der Waals surface area contributed by atoms with Gasteiger partial charge in [-0.05, 0) is 179 Å². The molecule has 4 saturated carbocycles. The lowest BCUT2D eigenvalue weighted by Gasteiger charge is -2.57. The number of anilines is 3. The van der Waals surface area contributed by atoms with E-state index in [1.165, 1.54) is 111 Å². The van der Waals surface area contributed by atoms with Crippen LogP contribution >= 0.6 is 0 Å². The van der Waals surface area contributed by atoms with Crippen molar-refractivity contribution in [2.24, 2.45) is 17.8 Å². The van der Waals surface area contributed by atoms with Crippen molar-refractivity contribution < 1.29 is 0 Å². The minimum Gasteiger partial charge on any atom is -0.310 e. The quantitative estimate of drug-likeness (QED) is 0.173. The number of hydrogen-bond donors (Lipinski definition) is 0. The Hall–Kier alpha value is -4.88. The number of aryl methyl sites for hydroxylation is 4. The molecule has 0 heterocycles. The number of fused-ring (bicyclic) bond motifs is 3. The van der Waals surface area contributed by atoms with Crippen LogP contribution in [0.4, 0.5) is 17.1 Å². The zero-order valence-corrected chi connectivity index (χ0v) is 32.0. The summed E-state index contributed by atoms with van der Waals surface area (Å²) in [4.78, 5) is 2.62. The van der Waals surface area contributed by atoms with Gasteiger partial charge in [0.15, 0.2) is 0 Å². The molecular formula is C53H51N. The first-order valence-corrected chi connectivity index (χ1v) is 20.8. The third kappa shape index (κ3) is 5.25. The van der Waals surface area contributed by atoms with Gasteiger partial charge in [-0.15, -0.1) is 0 Å². The highest BCUT2D eigenvalue weighted by atomic mass is 15.1. The molecule has 0 unspecified atom stereocenters. The second kappa shape index (κ2) is 12.3. The third-order valence-electron chi connectivity index (χ3n) is 14.6. The predicted molar refractivity (Wildman–Crippen MR) is 225 cm³/mol. The van der Waals surface area contributed by atoms with Crippen LogP contribution in [0.5, 0.6) is 0 Å². The van der Waals surface area contributed by atoms with Crippen LogP contribution < -0.4 is 4.90 Å². The average Bonchev–Trinajstić information content (AvgIpc) is 3.42. The van der Waals surface area contributed by atoms with Gasteiger partial charge in [-0.25, -0.2) is 0 Å². The molecule has 15 rings (SSSR count). The van der Waals surface area contributed by atoms with Gasteiger partial charge in [0.25, 0.3) is 0 Å². The first-order chi connectivity index (χ1) is 26.4. The molecule has 0 amide bonds. The van der Waals surface area contributed by atoms with Crippen molar-refractivity contribution in [3.05, 3.63) is 172 Å². The van der Waals surface area contributed by atoms with Crippen LogP contribution in [0.3, 0.4) is 0 Å². The van der Waals surface area contributed by atoms with E-state index in [4.69, 9.17) is 0 Å². The second-order valence-corrected chi connectivity index (χ2v) is 18.3. The summed E-state index contributed by atoms with van der Waals surface area (Å²) in [5.74, 6) is 2.84. The van der Waals surface area contributed by atoms with Crippen LogP contribution in [0.1, 0.15) is 91.3 Å². The summed E-state index contributed by atoms with van der Waals surface area (Å²) in [6.45, 7) is 4.85. The maximum absolute atomic E-state index is 2.62. The van der Waals surface area contributed by atoms with Crippen molar-refractivity contribution in [3.8, 4) is 22.3 Å². The zero-order chi connectivity index (χ0) is 36.0. The van der Waals surface area contributed by atoms with E-state index in [0.717, 1.165) is 43.4 Å². The first kappa shape index (κ1) is 32.5. The van der Waals surface area contributed by atoms with Gasteiger partial charge < -0.3 is 4.90 Å². The SMILES string of the molecule is CC1(C)c2cc(N(c3ccc(C45CC6CC(CC(C6)C4)C5)cc3)c3cc4ccc3CCc3ccc(cc3)CC4)ccc2-c2c(-c3ccccc3)cccc21. The summed E-state index contributed by atoms with van der Waals surface area (Å²) in [5, 5.41) is 0. The summed E-state index contributed by atoms with van der Waals surface area (Å²) in [6, 6.07) is 52.1. The smallest absolute Gasteiger partial charge is 0.0496 e. The van der Waals surface area contributed by atoms with E-state index in [2.05, 4.69) is 152 Å². The van der Waals surface area contributed by atoms with E-state index in [0.29, 0.717) is 5.41 Å². The molecule has 54 heavy (non-hydrogen) atoms. The standard InChI is InChI=1S/C53H51N/c1-52(2)48-10-6-9-46(41-7-4-3-5-8-41)51(48)47-26-25-45(31-49(47)52)54(50-30-37-16-15-35-11-13-36(14-12-35)17-19-42(50)20-18-37)44-23-21-43(22-24-44)53-32-38-27-39(33-53)29-40(28-38)34-53/h3-14,18,20-26,30-31,38-40H,15-17,19,27-29,32-34H2,1-2H3. The largest absolute Gasteiger partial charge is 0.310 e. The molecule has 4 fully saturated rings. The number of hydrogen-bond acceptors (Lipinski definition) is 1. The summed E-state index contributed by atoms with van der Waals surface area (Å²) >= 11 is 0. The van der Waals surface area contributed by atoms with E-state index >= 15 is 0 Å². The second-order valence-electron chi connectivity index (χ2n) is 18.3. The normalized spacial score (nSPS) is 24.1. The maximum Gasteiger partial charge on any atom is 0.0496 e. The van der Waals surface area contributed by atoms with Gasteiger partial charge in [-0.3, -0.25) is 0 Å². The monoisotopic (exact) mass is 701 g/mol. The molecule has 0 aliphatic heterocycles. The maximum atomic E-state index is 2.62. The van der Waals surface area contributed by atoms with Crippen molar-refractivity contribution >= 4 is 17.1 Å². The summed E-state index contributed by atoms with van der Waals surface area (Å²) in [6.07, 6.45) is 12.8. The van der Waals surface area contributed by atoms with Gasteiger partial charge in [0.05, 0.1) is 0 Å². The van der Waals surface area contributed by atoms with Crippen LogP contribution in [-0.4, -0.2) is 0 Å². The topological polar surface area (TPSA) is 3.24 Å². The molecule has 0 radical (unpaired) electrons. The number of nitrogens with zero attached hydrogens (tertiary/aromatic N) is 1. The fourth-order valence-electron chi connectivity index (χ4n) is 12.3. The van der Waals surface area contributed by atoms with Crippen molar-refractivity contribution in [1.29, 1.82) is 0 Å². The Morgan fingerprint density at radius 1 is 0.500 bits per heavy atom. The van der Waals surface area contributed by atoms with Gasteiger partial charge in [0.2, 0.25) is 0 Å². The Balaban J connectivity index is 1.05. The molecule has 268 valence electrons. The predicted octanol–water partition coefficient (Wildman–Crippen LogP) is 13.5. The molecule has 9 aliphatic rings. The van der Waals surface area contributed by atoms with Gasteiger partial charge in [0.1, 0.15) is 0 Å². The van der Waals surface area contributed by atoms with Crippen LogP contribution in [0, 0.1) is 17.8 Å². The average molecular weight is 702 g/mol. The summed E-state index contributed by atoms with van der Waals surface area (Å²) < 4.78 is 0. The number of rotatable bonds is 5. The fraction of sp³-hybridized carbons (Fsp3) is 0.321. The minimum absolute atomic E-state index is 0.118. The fourth-order valence-corrected chi connectivity index (χ4v) is 12.3. The lowest BCUT2D eigenvalue weighted by atomic mass is 9.48. The summed E-state index contributed by atoms with van der Waals surface area (Å²) in [7, 11) is 0. The molecule has 1 heteroatoms. The van der Waals surface area contributed by atoms with Crippen LogP contribution in [-0.2, 0) is 36.5 Å². The zero-order valence-electron chi connectivity index (χ0n) is 32.0. The van der Waals surface area contributed by atoms with Crippen molar-refractivity contribution in [1.82, 2.24) is 0 Å². The molecule has 6 aromatic carbocycles. The van der Waals surface area contributed by atoms with Gasteiger partial charge in [-0.1, -0.05) is 117 Å². The molecule has 9 aliphatic carbocycles. The van der Waals surface area contributed by atoms with Crippen LogP contribution in [0.15, 0.2) is 133 Å². The highest BCUT2D eigenvalue weighted by Gasteiger charge is 2.51. The minimum atomic E-state index is -0.118. The Morgan fingerprint density at radius 3 is 1.83 bits per heavy atom. The van der Waals surface area contributed by atoms with Crippen LogP contribution in [0.25, 0.3) is 22.3 Å². The van der Waals surface area contributed by atoms with Crippen molar-refractivity contribution in [2.75, 3.05) is 4.90 Å². The molecule has 1 nitrogen and oxygen atoms in total. The van der Waals surface area contributed by atoms with E-state index in [9.17, 15) is 0 Å². The van der Waals surface area contributed by atoms with Gasteiger partial charge in [0, 0.05) is 22.5 Å². The highest BCUT2D eigenvalue weighted by Crippen LogP contribution is 2.61. The molecule has 0 N–H and O–H groups in total. The Morgan fingerprint density at radius 2 is 1.13 bits per heavy atom. The Labute approximate surface area is 322 Å². The lowest BCUT2D eigenvalue weighted by Crippen LogP contribution is -2.48. The molecule has 6 aromatic rings. The molecular weight excluding hydrogens is 651 g/mol. The molecule has 0 aromatic heterocycles. The Kier molecular flexibility index (Phi) is 7.43. The van der Waals surface area contributed by atoms with E-state index in [1.807, 2.05) is 0 Å². The van der Waals surface area contributed by atoms with Crippen LogP contribution in [0.2, 0.25) is 0 Å². The summed E-state index contributed by atoms with van der Waals surface area (Å²) in [5.41, 5.74) is 19.6. The van der Waals surface area contributed by atoms with E-state index in [1.54, 1.807) is 5.56 Å². The van der Waals surface area contributed by atoms with Gasteiger partial charge >= 0.3 is 0 Å². The van der Waals surface area contributed by atoms with Crippen molar-refractivity contribution in [2.45, 2.75) is 88.9 Å². The highest BCUT2D eigenvalue weighted by molar-refractivity contribution is 5.94. The molecule has 0 saturated heterocycles. The lowest BCUT2D eigenvalue weighted by molar-refractivity contribution is -0.00518. The Bertz CT molecular complexity index is 2340. The first-order valence-electron chi connectivity index (χ1n) is 20.8. The molecule has 8 bridgehead atoms. The van der Waals surface area contributed by atoms with E-state index in [-0.39, 0.29) is 5.41 Å².